The van der Waals surface area contributed by atoms with Crippen LogP contribution in [0.2, 0.25) is 0 Å². The van der Waals surface area contributed by atoms with Crippen molar-refractivity contribution in [1.29, 1.82) is 0 Å². The Morgan fingerprint density at radius 1 is 1.27 bits per heavy atom. The van der Waals surface area contributed by atoms with Crippen LogP contribution in [0.4, 0.5) is 10.1 Å². The Morgan fingerprint density at radius 3 is 2.50 bits per heavy atom. The molecule has 22 heavy (non-hydrogen) atoms. The minimum Gasteiger partial charge on any atom is -0.342 e. The molecular weight excluding hydrogens is 283 g/mol. The number of nitrogens with zero attached hydrogens (tertiary/aromatic N) is 1. The largest absolute Gasteiger partial charge is 0.342 e. The van der Waals surface area contributed by atoms with Crippen molar-refractivity contribution in [1.82, 2.24) is 4.90 Å². The van der Waals surface area contributed by atoms with Gasteiger partial charge in [0.2, 0.25) is 11.8 Å². The maximum Gasteiger partial charge on any atom is 0.239 e. The molecule has 2 rings (SSSR count). The van der Waals surface area contributed by atoms with E-state index in [2.05, 4.69) is 12.2 Å². The van der Waals surface area contributed by atoms with Gasteiger partial charge in [-0.05, 0) is 50.8 Å². The van der Waals surface area contributed by atoms with E-state index < -0.39 is 17.1 Å². The Bertz CT molecular complexity index is 564. The van der Waals surface area contributed by atoms with Crippen LogP contribution in [0.3, 0.4) is 0 Å². The number of rotatable bonds is 3. The van der Waals surface area contributed by atoms with E-state index in [4.69, 9.17) is 0 Å². The molecule has 0 atom stereocenters. The molecule has 0 bridgehead atoms. The van der Waals surface area contributed by atoms with Crippen LogP contribution in [0.1, 0.15) is 33.6 Å². The first-order valence-electron chi connectivity index (χ1n) is 7.67. The standard InChI is InChI=1S/C17H23FN2O2/c1-12-7-9-20(10-8-12)16(22)17(2,3)15(21)19-14-6-4-5-13(18)11-14/h4-6,11-12H,7-10H2,1-3H3,(H,19,21). The molecule has 5 heteroatoms. The number of likely N-dealkylation sites (tertiary alicyclic amines) is 1. The monoisotopic (exact) mass is 306 g/mol. The molecule has 1 fully saturated rings. The number of hydrogen-bond donors (Lipinski definition) is 1. The van der Waals surface area contributed by atoms with Gasteiger partial charge in [-0.3, -0.25) is 9.59 Å². The summed E-state index contributed by atoms with van der Waals surface area (Å²) in [5.41, 5.74) is -0.814. The summed E-state index contributed by atoms with van der Waals surface area (Å²) in [6.07, 6.45) is 1.93. The lowest BCUT2D eigenvalue weighted by atomic mass is 9.88. The number of halogens is 1. The van der Waals surface area contributed by atoms with Crippen molar-refractivity contribution < 1.29 is 14.0 Å². The third-order valence-electron chi connectivity index (χ3n) is 4.26. The quantitative estimate of drug-likeness (QED) is 0.873. The average Bonchev–Trinajstić information content (AvgIpc) is 2.47. The van der Waals surface area contributed by atoms with Crippen molar-refractivity contribution in [2.45, 2.75) is 33.6 Å². The Kier molecular flexibility index (Phi) is 4.84. The van der Waals surface area contributed by atoms with Gasteiger partial charge in [0.1, 0.15) is 11.2 Å². The topological polar surface area (TPSA) is 49.4 Å². The lowest BCUT2D eigenvalue weighted by molar-refractivity contribution is -0.147. The Hall–Kier alpha value is -1.91. The summed E-state index contributed by atoms with van der Waals surface area (Å²) in [6.45, 7) is 6.78. The Balaban J connectivity index is 2.05. The highest BCUT2D eigenvalue weighted by atomic mass is 19.1. The van der Waals surface area contributed by atoms with Crippen molar-refractivity contribution in [3.05, 3.63) is 30.1 Å². The van der Waals surface area contributed by atoms with Gasteiger partial charge in [0.15, 0.2) is 0 Å². The Labute approximate surface area is 130 Å². The lowest BCUT2D eigenvalue weighted by Gasteiger charge is -2.35. The molecule has 0 radical (unpaired) electrons. The van der Waals surface area contributed by atoms with Crippen LogP contribution in [0.25, 0.3) is 0 Å². The van der Waals surface area contributed by atoms with Gasteiger partial charge in [0.05, 0.1) is 0 Å². The van der Waals surface area contributed by atoms with Gasteiger partial charge in [0, 0.05) is 18.8 Å². The molecule has 1 N–H and O–H groups in total. The van der Waals surface area contributed by atoms with Crippen LogP contribution in [0.15, 0.2) is 24.3 Å². The number of carbonyl (C=O) groups is 2. The SMILES string of the molecule is CC1CCN(C(=O)C(C)(C)C(=O)Nc2cccc(F)c2)CC1. The summed E-state index contributed by atoms with van der Waals surface area (Å²) in [5.74, 6) is -0.393. The number of carbonyl (C=O) groups excluding carboxylic acids is 2. The first kappa shape index (κ1) is 16.5. The van der Waals surface area contributed by atoms with Gasteiger partial charge in [-0.2, -0.15) is 0 Å². The molecule has 0 aliphatic carbocycles. The molecule has 0 saturated carbocycles. The van der Waals surface area contributed by atoms with Crippen LogP contribution in [-0.2, 0) is 9.59 Å². The fraction of sp³-hybridized carbons (Fsp3) is 0.529. The predicted molar refractivity (Wildman–Crippen MR) is 83.8 cm³/mol. The van der Waals surface area contributed by atoms with E-state index >= 15 is 0 Å². The van der Waals surface area contributed by atoms with Gasteiger partial charge in [-0.1, -0.05) is 13.0 Å². The minimum absolute atomic E-state index is 0.173. The van der Waals surface area contributed by atoms with E-state index in [-0.39, 0.29) is 5.91 Å². The van der Waals surface area contributed by atoms with E-state index in [1.54, 1.807) is 24.8 Å². The number of piperidine rings is 1. The predicted octanol–water partition coefficient (Wildman–Crippen LogP) is 3.05. The van der Waals surface area contributed by atoms with E-state index in [0.29, 0.717) is 24.7 Å². The summed E-state index contributed by atoms with van der Waals surface area (Å²) in [6, 6.07) is 5.66. The highest BCUT2D eigenvalue weighted by Gasteiger charge is 2.39. The second kappa shape index (κ2) is 6.46. The molecule has 2 amide bonds. The third-order valence-corrected chi connectivity index (χ3v) is 4.26. The normalized spacial score (nSPS) is 16.5. The first-order chi connectivity index (χ1) is 10.3. The maximum atomic E-state index is 13.2. The molecule has 0 spiro atoms. The summed E-state index contributed by atoms with van der Waals surface area (Å²) in [5, 5.41) is 2.63. The van der Waals surface area contributed by atoms with Gasteiger partial charge >= 0.3 is 0 Å². The molecule has 1 aliphatic rings. The fourth-order valence-electron chi connectivity index (χ4n) is 2.56. The van der Waals surface area contributed by atoms with E-state index in [0.717, 1.165) is 12.8 Å². The molecule has 0 aromatic heterocycles. The molecule has 1 heterocycles. The van der Waals surface area contributed by atoms with Crippen LogP contribution < -0.4 is 5.32 Å². The molecule has 1 saturated heterocycles. The maximum absolute atomic E-state index is 13.2. The van der Waals surface area contributed by atoms with Gasteiger partial charge in [-0.15, -0.1) is 0 Å². The summed E-state index contributed by atoms with van der Waals surface area (Å²) >= 11 is 0. The van der Waals surface area contributed by atoms with E-state index in [1.807, 2.05) is 0 Å². The second-order valence-corrected chi connectivity index (χ2v) is 6.56. The number of benzene rings is 1. The van der Waals surface area contributed by atoms with Gasteiger partial charge in [-0.25, -0.2) is 4.39 Å². The number of anilines is 1. The number of nitrogens with one attached hydrogen (secondary N) is 1. The summed E-state index contributed by atoms with van der Waals surface area (Å²) < 4.78 is 13.2. The van der Waals surface area contributed by atoms with Gasteiger partial charge in [0.25, 0.3) is 0 Å². The lowest BCUT2D eigenvalue weighted by Crippen LogP contribution is -2.49. The zero-order valence-corrected chi connectivity index (χ0v) is 13.4. The zero-order chi connectivity index (χ0) is 16.3. The molecule has 0 unspecified atom stereocenters. The molecule has 1 aromatic rings. The van der Waals surface area contributed by atoms with Gasteiger partial charge < -0.3 is 10.2 Å². The smallest absolute Gasteiger partial charge is 0.239 e. The molecule has 4 nitrogen and oxygen atoms in total. The summed E-state index contributed by atoms with van der Waals surface area (Å²) in [7, 11) is 0. The zero-order valence-electron chi connectivity index (χ0n) is 13.4. The first-order valence-corrected chi connectivity index (χ1v) is 7.67. The van der Waals surface area contributed by atoms with Crippen molar-refractivity contribution >= 4 is 17.5 Å². The number of hydrogen-bond acceptors (Lipinski definition) is 2. The molecule has 1 aliphatic heterocycles. The summed E-state index contributed by atoms with van der Waals surface area (Å²) in [4.78, 5) is 26.8. The second-order valence-electron chi connectivity index (χ2n) is 6.56. The van der Waals surface area contributed by atoms with Crippen LogP contribution >= 0.6 is 0 Å². The average molecular weight is 306 g/mol. The van der Waals surface area contributed by atoms with E-state index in [9.17, 15) is 14.0 Å². The van der Waals surface area contributed by atoms with Crippen LogP contribution in [0.5, 0.6) is 0 Å². The molecular formula is C17H23FN2O2. The van der Waals surface area contributed by atoms with Crippen molar-refractivity contribution in [2.24, 2.45) is 11.3 Å². The Morgan fingerprint density at radius 2 is 1.91 bits per heavy atom. The third kappa shape index (κ3) is 3.64. The molecule has 1 aromatic carbocycles. The number of amides is 2. The molecule has 120 valence electrons. The van der Waals surface area contributed by atoms with Crippen molar-refractivity contribution in [2.75, 3.05) is 18.4 Å². The minimum atomic E-state index is -1.17. The van der Waals surface area contributed by atoms with E-state index in [1.165, 1.54) is 18.2 Å². The highest BCUT2D eigenvalue weighted by molar-refractivity contribution is 6.09. The highest BCUT2D eigenvalue weighted by Crippen LogP contribution is 2.25. The fourth-order valence-corrected chi connectivity index (χ4v) is 2.56. The van der Waals surface area contributed by atoms with Crippen molar-refractivity contribution in [3.8, 4) is 0 Å². The van der Waals surface area contributed by atoms with Crippen LogP contribution in [-0.4, -0.2) is 29.8 Å². The van der Waals surface area contributed by atoms with Crippen molar-refractivity contribution in [3.63, 3.8) is 0 Å². The van der Waals surface area contributed by atoms with Crippen LogP contribution in [0, 0.1) is 17.2 Å².